The van der Waals surface area contributed by atoms with Crippen LogP contribution < -0.4 is 0 Å². The largest absolute Gasteiger partial charge is 0.307 e. The Morgan fingerprint density at radius 1 is 0.711 bits per heavy atom. The molecule has 7 aromatic rings. The Balaban J connectivity index is 1.57. The van der Waals surface area contributed by atoms with Crippen LogP contribution in [0.5, 0.6) is 0 Å². The van der Waals surface area contributed by atoms with Gasteiger partial charge < -0.3 is 9.13 Å². The Hall–Kier alpha value is -5.55. The average Bonchev–Trinajstić information content (AvgIpc) is 3.68. The Kier molecular flexibility index (Phi) is 6.17. The number of benzene rings is 4. The quantitative estimate of drug-likeness (QED) is 0.190. The van der Waals surface area contributed by atoms with E-state index in [1.165, 1.54) is 22.2 Å². The van der Waals surface area contributed by atoms with Gasteiger partial charge in [0.05, 0.1) is 22.4 Å². The first kappa shape index (κ1) is 27.0. The molecular formula is C40H33N5. The third-order valence-corrected chi connectivity index (χ3v) is 8.98. The van der Waals surface area contributed by atoms with Crippen molar-refractivity contribution in [1.29, 1.82) is 0 Å². The van der Waals surface area contributed by atoms with Gasteiger partial charge in [-0.1, -0.05) is 117 Å². The molecule has 45 heavy (non-hydrogen) atoms. The molecular weight excluding hydrogens is 550 g/mol. The van der Waals surface area contributed by atoms with Crippen molar-refractivity contribution >= 4 is 27.4 Å². The molecule has 0 aliphatic carbocycles. The van der Waals surface area contributed by atoms with E-state index in [1.807, 2.05) is 37.3 Å². The summed E-state index contributed by atoms with van der Waals surface area (Å²) in [6.45, 7) is 8.74. The summed E-state index contributed by atoms with van der Waals surface area (Å²) in [6.07, 6.45) is 6.11. The lowest BCUT2D eigenvalue weighted by Crippen LogP contribution is -2.16. The Morgan fingerprint density at radius 3 is 2.16 bits per heavy atom. The molecule has 0 saturated heterocycles. The van der Waals surface area contributed by atoms with Crippen LogP contribution in [-0.4, -0.2) is 24.1 Å². The molecule has 0 N–H and O–H groups in total. The van der Waals surface area contributed by atoms with Crippen LogP contribution in [0.1, 0.15) is 44.8 Å². The van der Waals surface area contributed by atoms with Gasteiger partial charge in [0.25, 0.3) is 0 Å². The summed E-state index contributed by atoms with van der Waals surface area (Å²) < 4.78 is 4.84. The monoisotopic (exact) mass is 583 g/mol. The number of hydrogen-bond acceptors (Lipinski definition) is 3. The maximum absolute atomic E-state index is 5.25. The molecule has 0 fully saturated rings. The first-order valence-corrected chi connectivity index (χ1v) is 15.4. The molecule has 4 aromatic carbocycles. The summed E-state index contributed by atoms with van der Waals surface area (Å²) in [7, 11) is 0. The van der Waals surface area contributed by atoms with E-state index < -0.39 is 0 Å². The van der Waals surface area contributed by atoms with Crippen LogP contribution in [0.15, 0.2) is 127 Å². The van der Waals surface area contributed by atoms with Gasteiger partial charge in [-0.25, -0.2) is 15.0 Å². The van der Waals surface area contributed by atoms with Gasteiger partial charge in [0, 0.05) is 27.4 Å². The number of nitrogens with zero attached hydrogens (tertiary/aromatic N) is 5. The highest BCUT2D eigenvalue weighted by molar-refractivity contribution is 6.17. The average molecular weight is 584 g/mol. The van der Waals surface area contributed by atoms with Gasteiger partial charge in [-0.05, 0) is 49.2 Å². The number of allylic oxidation sites excluding steroid dienone is 4. The summed E-state index contributed by atoms with van der Waals surface area (Å²) in [5, 5.41) is 2.32. The summed E-state index contributed by atoms with van der Waals surface area (Å²) >= 11 is 0. The van der Waals surface area contributed by atoms with Crippen molar-refractivity contribution in [2.45, 2.75) is 33.1 Å². The third-order valence-electron chi connectivity index (χ3n) is 8.98. The van der Waals surface area contributed by atoms with Crippen LogP contribution in [0.2, 0.25) is 0 Å². The van der Waals surface area contributed by atoms with Crippen molar-refractivity contribution in [3.63, 3.8) is 0 Å². The van der Waals surface area contributed by atoms with E-state index in [4.69, 9.17) is 15.0 Å². The molecule has 5 heteroatoms. The lowest BCUT2D eigenvalue weighted by molar-refractivity contribution is 0.646. The van der Waals surface area contributed by atoms with Crippen molar-refractivity contribution in [2.75, 3.05) is 0 Å². The standard InChI is InChI=1S/C40H33N5/c1-5-6-17-26(2)37-41-38(27-18-9-7-10-19-27)43-39(42-37)35-33-29-22-13-15-24-31(29)44(28-20-11-8-12-21-28)34(33)36-40(3,4)30-23-14-16-25-32(30)45(35)36/h5-25H,1-4H3. The van der Waals surface area contributed by atoms with Crippen molar-refractivity contribution in [2.24, 2.45) is 0 Å². The van der Waals surface area contributed by atoms with Crippen LogP contribution in [0.4, 0.5) is 0 Å². The normalized spacial score (nSPS) is 14.0. The van der Waals surface area contributed by atoms with Crippen LogP contribution >= 0.6 is 0 Å². The number of aromatic nitrogens is 5. The molecule has 0 unspecified atom stereocenters. The minimum atomic E-state index is -0.270. The van der Waals surface area contributed by atoms with Gasteiger partial charge >= 0.3 is 0 Å². The topological polar surface area (TPSA) is 48.5 Å². The molecule has 3 aromatic heterocycles. The zero-order valence-electron chi connectivity index (χ0n) is 25.9. The van der Waals surface area contributed by atoms with E-state index in [9.17, 15) is 0 Å². The van der Waals surface area contributed by atoms with Crippen LogP contribution in [0, 0.1) is 0 Å². The first-order chi connectivity index (χ1) is 22.0. The second-order valence-corrected chi connectivity index (χ2v) is 12.1. The minimum Gasteiger partial charge on any atom is -0.307 e. The van der Waals surface area contributed by atoms with Crippen LogP contribution in [-0.2, 0) is 5.41 Å². The molecule has 0 bridgehead atoms. The van der Waals surface area contributed by atoms with E-state index in [0.717, 1.165) is 39.1 Å². The molecule has 5 nitrogen and oxygen atoms in total. The van der Waals surface area contributed by atoms with E-state index in [0.29, 0.717) is 17.5 Å². The highest BCUT2D eigenvalue weighted by Gasteiger charge is 2.43. The summed E-state index contributed by atoms with van der Waals surface area (Å²) in [4.78, 5) is 15.5. The molecule has 0 saturated carbocycles. The fourth-order valence-corrected chi connectivity index (χ4v) is 6.92. The second-order valence-electron chi connectivity index (χ2n) is 12.1. The van der Waals surface area contributed by atoms with Crippen LogP contribution in [0.25, 0.3) is 61.7 Å². The predicted octanol–water partition coefficient (Wildman–Crippen LogP) is 9.71. The van der Waals surface area contributed by atoms with Gasteiger partial charge in [0.2, 0.25) is 0 Å². The molecule has 218 valence electrons. The lowest BCUT2D eigenvalue weighted by Gasteiger charge is -2.20. The van der Waals surface area contributed by atoms with Gasteiger partial charge in [-0.2, -0.15) is 0 Å². The predicted molar refractivity (Wildman–Crippen MR) is 185 cm³/mol. The zero-order valence-corrected chi connectivity index (χ0v) is 25.9. The maximum Gasteiger partial charge on any atom is 0.181 e. The fraction of sp³-hybridized carbons (Fsp3) is 0.125. The second kappa shape index (κ2) is 10.3. The maximum atomic E-state index is 5.25. The zero-order chi connectivity index (χ0) is 30.7. The van der Waals surface area contributed by atoms with Crippen molar-refractivity contribution in [3.05, 3.63) is 145 Å². The molecule has 0 spiro atoms. The number of para-hydroxylation sites is 3. The minimum absolute atomic E-state index is 0.270. The van der Waals surface area contributed by atoms with Crippen molar-refractivity contribution in [3.8, 4) is 34.3 Å². The summed E-state index contributed by atoms with van der Waals surface area (Å²) in [6, 6.07) is 38.3. The smallest absolute Gasteiger partial charge is 0.181 e. The fourth-order valence-electron chi connectivity index (χ4n) is 6.92. The van der Waals surface area contributed by atoms with E-state index >= 15 is 0 Å². The van der Waals surface area contributed by atoms with E-state index in [2.05, 4.69) is 127 Å². The van der Waals surface area contributed by atoms with E-state index in [-0.39, 0.29) is 5.41 Å². The lowest BCUT2D eigenvalue weighted by atomic mass is 9.83. The Morgan fingerprint density at radius 2 is 1.38 bits per heavy atom. The Bertz CT molecular complexity index is 2300. The Labute approximate surface area is 262 Å². The summed E-state index contributed by atoms with van der Waals surface area (Å²) in [5.74, 6) is 1.98. The van der Waals surface area contributed by atoms with Crippen molar-refractivity contribution < 1.29 is 0 Å². The first-order valence-electron chi connectivity index (χ1n) is 15.4. The number of hydrogen-bond donors (Lipinski definition) is 0. The van der Waals surface area contributed by atoms with Gasteiger partial charge in [0.15, 0.2) is 17.5 Å². The highest BCUT2D eigenvalue weighted by atomic mass is 15.1. The molecule has 4 heterocycles. The molecule has 8 rings (SSSR count). The molecule has 0 amide bonds. The van der Waals surface area contributed by atoms with Gasteiger partial charge in [0.1, 0.15) is 5.69 Å². The molecule has 1 aliphatic heterocycles. The molecule has 1 aliphatic rings. The SMILES string of the molecule is CC=CC=C(C)c1nc(-c2ccccc2)nc(-c2c3c4ccccc4n(-c4ccccc4)c3c3n2-c2ccccc2C3(C)C)n1. The van der Waals surface area contributed by atoms with Crippen LogP contribution in [0.3, 0.4) is 0 Å². The van der Waals surface area contributed by atoms with Gasteiger partial charge in [-0.15, -0.1) is 0 Å². The summed E-state index contributed by atoms with van der Waals surface area (Å²) in [5.41, 5.74) is 9.81. The third kappa shape index (κ3) is 4.04. The molecule has 0 radical (unpaired) electrons. The van der Waals surface area contributed by atoms with Gasteiger partial charge in [-0.3, -0.25) is 0 Å². The number of fused-ring (bicyclic) bond motifs is 7. The van der Waals surface area contributed by atoms with Crippen molar-refractivity contribution in [1.82, 2.24) is 24.1 Å². The van der Waals surface area contributed by atoms with E-state index in [1.54, 1.807) is 0 Å². The number of rotatable bonds is 5. The highest BCUT2D eigenvalue weighted by Crippen LogP contribution is 2.53. The molecule has 0 atom stereocenters.